The van der Waals surface area contributed by atoms with Gasteiger partial charge in [0, 0.05) is 30.5 Å². The van der Waals surface area contributed by atoms with Crippen LogP contribution >= 0.6 is 11.3 Å². The third-order valence-electron chi connectivity index (χ3n) is 4.88. The monoisotopic (exact) mass is 402 g/mol. The summed E-state index contributed by atoms with van der Waals surface area (Å²) >= 11 is 1.56. The van der Waals surface area contributed by atoms with Gasteiger partial charge >= 0.3 is 0 Å². The van der Waals surface area contributed by atoms with Crippen molar-refractivity contribution in [1.29, 1.82) is 0 Å². The molecule has 2 unspecified atom stereocenters. The van der Waals surface area contributed by atoms with E-state index in [1.165, 1.54) is 0 Å². The van der Waals surface area contributed by atoms with Crippen LogP contribution in [0, 0.1) is 0 Å². The molecule has 0 saturated carbocycles. The van der Waals surface area contributed by atoms with Crippen LogP contribution in [0.4, 0.5) is 5.82 Å². The van der Waals surface area contributed by atoms with Crippen LogP contribution in [-0.2, 0) is 17.8 Å². The van der Waals surface area contributed by atoms with E-state index in [2.05, 4.69) is 29.9 Å². The summed E-state index contributed by atoms with van der Waals surface area (Å²) < 4.78 is 6.87. The van der Waals surface area contributed by atoms with Crippen LogP contribution in [0.15, 0.2) is 12.4 Å². The fourth-order valence-corrected chi connectivity index (χ4v) is 4.83. The van der Waals surface area contributed by atoms with Crippen molar-refractivity contribution in [3.8, 4) is 0 Å². The highest BCUT2D eigenvalue weighted by atomic mass is 32.1. The van der Waals surface area contributed by atoms with Gasteiger partial charge in [0.15, 0.2) is 0 Å². The number of fused-ring (bicyclic) bond motifs is 4. The Balaban J connectivity index is 1.85. The Labute approximate surface area is 168 Å². The second-order valence-corrected chi connectivity index (χ2v) is 9.25. The summed E-state index contributed by atoms with van der Waals surface area (Å²) in [6, 6.07) is 2.14. The zero-order chi connectivity index (χ0) is 20.1. The minimum absolute atomic E-state index is 0.208. The van der Waals surface area contributed by atoms with Gasteiger partial charge in [-0.15, -0.1) is 11.3 Å². The van der Waals surface area contributed by atoms with Gasteiger partial charge in [-0.3, -0.25) is 0 Å². The van der Waals surface area contributed by atoms with E-state index in [0.717, 1.165) is 43.9 Å². The number of hydrogen-bond acceptors (Lipinski definition) is 8. The van der Waals surface area contributed by atoms with E-state index in [-0.39, 0.29) is 5.60 Å². The molecule has 0 saturated heterocycles. The Morgan fingerprint density at radius 3 is 2.61 bits per heavy atom. The van der Waals surface area contributed by atoms with Crippen LogP contribution in [-0.4, -0.2) is 56.1 Å². The predicted molar refractivity (Wildman–Crippen MR) is 111 cm³/mol. The number of aromatic nitrogens is 3. The molecule has 8 heteroatoms. The zero-order valence-corrected chi connectivity index (χ0v) is 17.5. The van der Waals surface area contributed by atoms with E-state index < -0.39 is 12.2 Å². The van der Waals surface area contributed by atoms with Crippen molar-refractivity contribution < 1.29 is 14.9 Å². The first kappa shape index (κ1) is 19.4. The highest BCUT2D eigenvalue weighted by Gasteiger charge is 2.28. The molecule has 0 radical (unpaired) electrons. The third-order valence-corrected chi connectivity index (χ3v) is 5.96. The zero-order valence-electron chi connectivity index (χ0n) is 16.6. The van der Waals surface area contributed by atoms with Crippen LogP contribution in [0.25, 0.3) is 20.4 Å². The van der Waals surface area contributed by atoms with Crippen molar-refractivity contribution in [2.24, 2.45) is 0 Å². The summed E-state index contributed by atoms with van der Waals surface area (Å²) in [6.45, 7) is 8.96. The molecule has 0 spiro atoms. The van der Waals surface area contributed by atoms with E-state index >= 15 is 0 Å². The lowest BCUT2D eigenvalue weighted by molar-refractivity contribution is -0.0411. The van der Waals surface area contributed by atoms with Gasteiger partial charge in [-0.1, -0.05) is 0 Å². The summed E-state index contributed by atoms with van der Waals surface area (Å²) in [6.07, 6.45) is 1.24. The molecular weight excluding hydrogens is 376 g/mol. The van der Waals surface area contributed by atoms with E-state index in [1.54, 1.807) is 31.5 Å². The first-order valence-corrected chi connectivity index (χ1v) is 10.4. The van der Waals surface area contributed by atoms with Crippen molar-refractivity contribution in [3.63, 3.8) is 0 Å². The molecule has 0 bridgehead atoms. The summed E-state index contributed by atoms with van der Waals surface area (Å²) in [4.78, 5) is 16.8. The summed E-state index contributed by atoms with van der Waals surface area (Å²) in [7, 11) is 0. The topological polar surface area (TPSA) is 91.6 Å². The molecule has 3 aromatic rings. The molecule has 2 atom stereocenters. The average molecular weight is 403 g/mol. The van der Waals surface area contributed by atoms with Gasteiger partial charge < -0.3 is 19.8 Å². The molecule has 3 aromatic heterocycles. The fraction of sp³-hybridized carbons (Fsp3) is 0.550. The van der Waals surface area contributed by atoms with E-state index in [1.807, 2.05) is 4.90 Å². The van der Waals surface area contributed by atoms with Crippen LogP contribution in [0.1, 0.15) is 39.0 Å². The normalized spacial score (nSPS) is 18.2. The summed E-state index contributed by atoms with van der Waals surface area (Å²) in [5.74, 6) is 0.726. The number of nitrogens with zero attached hydrogens (tertiary/aromatic N) is 4. The fourth-order valence-electron chi connectivity index (χ4n) is 3.68. The van der Waals surface area contributed by atoms with E-state index in [0.29, 0.717) is 19.7 Å². The number of ether oxygens (including phenoxy) is 1. The molecule has 2 N–H and O–H groups in total. The van der Waals surface area contributed by atoms with E-state index in [9.17, 15) is 10.2 Å². The number of hydrogen-bond donors (Lipinski definition) is 2. The van der Waals surface area contributed by atoms with Crippen molar-refractivity contribution in [1.82, 2.24) is 15.0 Å². The molecule has 7 nitrogen and oxygen atoms in total. The first-order chi connectivity index (χ1) is 13.2. The largest absolute Gasteiger partial charge is 0.392 e. The van der Waals surface area contributed by atoms with Crippen LogP contribution in [0.3, 0.4) is 0 Å². The van der Waals surface area contributed by atoms with Gasteiger partial charge in [0.1, 0.15) is 17.0 Å². The second-order valence-electron chi connectivity index (χ2n) is 8.25. The number of aliphatic hydroxyl groups excluding tert-OH is 2. The highest BCUT2D eigenvalue weighted by Crippen LogP contribution is 2.39. The van der Waals surface area contributed by atoms with Crippen molar-refractivity contribution in [2.75, 3.05) is 18.0 Å². The van der Waals surface area contributed by atoms with Crippen molar-refractivity contribution >= 4 is 37.6 Å². The lowest BCUT2D eigenvalue weighted by Gasteiger charge is -2.30. The van der Waals surface area contributed by atoms with Gasteiger partial charge in [0.2, 0.25) is 0 Å². The summed E-state index contributed by atoms with van der Waals surface area (Å²) in [5, 5.41) is 20.8. The van der Waals surface area contributed by atoms with Gasteiger partial charge in [-0.05, 0) is 33.8 Å². The maximum absolute atomic E-state index is 9.91. The second kappa shape index (κ2) is 7.18. The third kappa shape index (κ3) is 3.69. The minimum Gasteiger partial charge on any atom is -0.392 e. The smallest absolute Gasteiger partial charge is 0.150 e. The molecule has 4 rings (SSSR count). The van der Waals surface area contributed by atoms with Crippen molar-refractivity contribution in [3.05, 3.63) is 23.7 Å². The van der Waals surface area contributed by atoms with Gasteiger partial charge in [0.25, 0.3) is 0 Å². The Kier molecular flexibility index (Phi) is 4.99. The average Bonchev–Trinajstić information content (AvgIpc) is 2.95. The van der Waals surface area contributed by atoms with E-state index in [4.69, 9.17) is 9.72 Å². The number of anilines is 1. The quantitative estimate of drug-likeness (QED) is 0.678. The number of thiophene rings is 1. The number of pyridine rings is 1. The van der Waals surface area contributed by atoms with Gasteiger partial charge in [-0.25, -0.2) is 15.0 Å². The molecule has 150 valence electrons. The molecule has 28 heavy (non-hydrogen) atoms. The van der Waals surface area contributed by atoms with Gasteiger partial charge in [0.05, 0.1) is 40.3 Å². The van der Waals surface area contributed by atoms with Gasteiger partial charge in [-0.2, -0.15) is 0 Å². The molecule has 0 amide bonds. The maximum Gasteiger partial charge on any atom is 0.150 e. The molecular formula is C20H26N4O3S. The predicted octanol–water partition coefficient (Wildman–Crippen LogP) is 2.66. The lowest BCUT2D eigenvalue weighted by atomic mass is 9.95. The highest BCUT2D eigenvalue weighted by molar-refractivity contribution is 7.25. The number of aliphatic hydroxyl groups is 2. The van der Waals surface area contributed by atoms with Crippen LogP contribution < -0.4 is 4.90 Å². The molecule has 1 aliphatic heterocycles. The molecule has 0 aromatic carbocycles. The Morgan fingerprint density at radius 2 is 1.93 bits per heavy atom. The SMILES string of the molecule is CC(O)CN(CC(C)O)c1ncnc2c1sc1nc3c(cc12)COC(C)(C)C3. The molecule has 1 aliphatic rings. The molecule has 4 heterocycles. The standard InChI is InChI=1S/C20H26N4O3S/c1-11(25)7-24(8-12(2)26)18-17-16(21-10-22-18)14-5-13-9-27-20(3,4)6-15(13)23-19(14)28-17/h5,10-12,25-26H,6-9H2,1-4H3. The van der Waals surface area contributed by atoms with Crippen LogP contribution in [0.2, 0.25) is 0 Å². The minimum atomic E-state index is -0.539. The Morgan fingerprint density at radius 1 is 1.21 bits per heavy atom. The Hall–Kier alpha value is -1.87. The van der Waals surface area contributed by atoms with Crippen LogP contribution in [0.5, 0.6) is 0 Å². The Bertz CT molecular complexity index is 1010. The summed E-state index contributed by atoms with van der Waals surface area (Å²) in [5.41, 5.74) is 2.83. The lowest BCUT2D eigenvalue weighted by Crippen LogP contribution is -2.37. The molecule has 0 aliphatic carbocycles. The van der Waals surface area contributed by atoms with Crippen molar-refractivity contribution in [2.45, 2.75) is 58.5 Å². The first-order valence-electron chi connectivity index (χ1n) is 9.54. The maximum atomic E-state index is 9.91. The number of rotatable bonds is 5. The molecule has 0 fully saturated rings.